The van der Waals surface area contributed by atoms with Gasteiger partial charge in [0.05, 0.1) is 18.5 Å². The molecular formula is C20H22F2N4O2S2. The van der Waals surface area contributed by atoms with E-state index in [4.69, 9.17) is 0 Å². The molecule has 10 heteroatoms. The molecule has 30 heavy (non-hydrogen) atoms. The SMILES string of the molecule is CC(C)c1nc(CNS(C)(=O)=O)n(Cc2ccncc2)c1Sc1cc(F)cc(F)c1. The van der Waals surface area contributed by atoms with E-state index in [1.54, 1.807) is 12.4 Å². The molecule has 2 aromatic heterocycles. The Morgan fingerprint density at radius 2 is 1.77 bits per heavy atom. The van der Waals surface area contributed by atoms with E-state index in [1.807, 2.05) is 30.5 Å². The molecule has 3 aromatic rings. The Morgan fingerprint density at radius 3 is 2.33 bits per heavy atom. The van der Waals surface area contributed by atoms with Crippen LogP contribution in [-0.4, -0.2) is 29.2 Å². The Labute approximate surface area is 178 Å². The normalized spacial score (nSPS) is 11.9. The van der Waals surface area contributed by atoms with Crippen LogP contribution in [0.2, 0.25) is 0 Å². The van der Waals surface area contributed by atoms with E-state index in [0.29, 0.717) is 22.3 Å². The molecule has 2 heterocycles. The first-order valence-electron chi connectivity index (χ1n) is 9.19. The summed E-state index contributed by atoms with van der Waals surface area (Å²) >= 11 is 1.20. The highest BCUT2D eigenvalue weighted by molar-refractivity contribution is 7.99. The van der Waals surface area contributed by atoms with Crippen LogP contribution in [0.25, 0.3) is 0 Å². The van der Waals surface area contributed by atoms with Gasteiger partial charge in [-0.3, -0.25) is 4.98 Å². The molecule has 6 nitrogen and oxygen atoms in total. The van der Waals surface area contributed by atoms with E-state index in [9.17, 15) is 17.2 Å². The quantitative estimate of drug-likeness (QED) is 0.560. The summed E-state index contributed by atoms with van der Waals surface area (Å²) in [5, 5.41) is 0.706. The van der Waals surface area contributed by atoms with Crippen molar-refractivity contribution in [3.8, 4) is 0 Å². The lowest BCUT2D eigenvalue weighted by Crippen LogP contribution is -2.23. The second-order valence-corrected chi connectivity index (χ2v) is 10.0. The van der Waals surface area contributed by atoms with Gasteiger partial charge >= 0.3 is 0 Å². The lowest BCUT2D eigenvalue weighted by molar-refractivity contribution is 0.576. The van der Waals surface area contributed by atoms with Crippen molar-refractivity contribution in [1.29, 1.82) is 0 Å². The van der Waals surface area contributed by atoms with Crippen LogP contribution in [0.3, 0.4) is 0 Å². The number of pyridine rings is 1. The minimum absolute atomic E-state index is 0.00170. The van der Waals surface area contributed by atoms with E-state index in [0.717, 1.165) is 23.6 Å². The Morgan fingerprint density at radius 1 is 1.13 bits per heavy atom. The van der Waals surface area contributed by atoms with Gasteiger partial charge in [0.25, 0.3) is 0 Å². The van der Waals surface area contributed by atoms with Crippen LogP contribution in [0.5, 0.6) is 0 Å². The average molecular weight is 453 g/mol. The number of aromatic nitrogens is 3. The van der Waals surface area contributed by atoms with Crippen molar-refractivity contribution >= 4 is 21.8 Å². The van der Waals surface area contributed by atoms with E-state index in [-0.39, 0.29) is 12.5 Å². The Hall–Kier alpha value is -2.30. The largest absolute Gasteiger partial charge is 0.317 e. The molecule has 0 atom stereocenters. The van der Waals surface area contributed by atoms with Crippen LogP contribution < -0.4 is 4.72 Å². The van der Waals surface area contributed by atoms with E-state index in [1.165, 1.54) is 23.9 Å². The van der Waals surface area contributed by atoms with Crippen LogP contribution in [-0.2, 0) is 23.1 Å². The molecule has 0 radical (unpaired) electrons. The highest BCUT2D eigenvalue weighted by Crippen LogP contribution is 2.36. The van der Waals surface area contributed by atoms with Crippen LogP contribution in [0.15, 0.2) is 52.6 Å². The van der Waals surface area contributed by atoms with E-state index < -0.39 is 21.7 Å². The maximum atomic E-state index is 13.7. The van der Waals surface area contributed by atoms with Crippen LogP contribution in [0.4, 0.5) is 8.78 Å². The number of benzene rings is 1. The van der Waals surface area contributed by atoms with Gasteiger partial charge in [0.15, 0.2) is 0 Å². The Bertz CT molecular complexity index is 1110. The molecule has 0 fully saturated rings. The van der Waals surface area contributed by atoms with Crippen molar-refractivity contribution < 1.29 is 17.2 Å². The Kier molecular flexibility index (Phi) is 6.89. The summed E-state index contributed by atoms with van der Waals surface area (Å²) in [7, 11) is -3.43. The lowest BCUT2D eigenvalue weighted by atomic mass is 10.1. The number of hydrogen-bond donors (Lipinski definition) is 1. The van der Waals surface area contributed by atoms with Gasteiger partial charge in [-0.05, 0) is 35.7 Å². The first-order chi connectivity index (χ1) is 14.1. The standard InChI is InChI=1S/C20H22F2N4O2S2/c1-13(2)19-20(29-17-9-15(21)8-16(22)10-17)26(12-14-4-6-23-7-5-14)18(25-19)11-24-30(3,27)28/h4-10,13,24H,11-12H2,1-3H3. The number of sulfonamides is 1. The zero-order chi connectivity index (χ0) is 21.9. The summed E-state index contributed by atoms with van der Waals surface area (Å²) in [5.74, 6) is -0.799. The van der Waals surface area contributed by atoms with Crippen molar-refractivity contribution in [3.63, 3.8) is 0 Å². The molecule has 0 unspecified atom stereocenters. The monoisotopic (exact) mass is 452 g/mol. The second kappa shape index (κ2) is 9.23. The highest BCUT2D eigenvalue weighted by Gasteiger charge is 2.22. The van der Waals surface area contributed by atoms with Gasteiger partial charge in [-0.25, -0.2) is 26.9 Å². The molecule has 0 amide bonds. The number of halogens is 2. The van der Waals surface area contributed by atoms with Crippen LogP contribution >= 0.6 is 11.8 Å². The first kappa shape index (κ1) is 22.4. The minimum atomic E-state index is -3.43. The fourth-order valence-corrected chi connectivity index (χ4v) is 4.47. The van der Waals surface area contributed by atoms with Gasteiger partial charge in [0.2, 0.25) is 10.0 Å². The lowest BCUT2D eigenvalue weighted by Gasteiger charge is -2.14. The average Bonchev–Trinajstić information content (AvgIpc) is 2.97. The van der Waals surface area contributed by atoms with Crippen molar-refractivity contribution in [2.75, 3.05) is 6.26 Å². The molecule has 0 aliphatic carbocycles. The number of nitrogens with one attached hydrogen (secondary N) is 1. The van der Waals surface area contributed by atoms with Crippen molar-refractivity contribution in [1.82, 2.24) is 19.3 Å². The van der Waals surface area contributed by atoms with Crippen LogP contribution in [0.1, 0.15) is 36.8 Å². The predicted molar refractivity (Wildman–Crippen MR) is 112 cm³/mol. The van der Waals surface area contributed by atoms with Gasteiger partial charge in [-0.15, -0.1) is 0 Å². The molecular weight excluding hydrogens is 430 g/mol. The summed E-state index contributed by atoms with van der Waals surface area (Å²) in [6.45, 7) is 4.33. The van der Waals surface area contributed by atoms with E-state index in [2.05, 4.69) is 14.7 Å². The number of hydrogen-bond acceptors (Lipinski definition) is 5. The molecule has 0 spiro atoms. The number of nitrogens with zero attached hydrogens (tertiary/aromatic N) is 3. The molecule has 1 N–H and O–H groups in total. The third kappa shape index (κ3) is 5.87. The smallest absolute Gasteiger partial charge is 0.209 e. The predicted octanol–water partition coefficient (Wildman–Crippen LogP) is 3.93. The molecule has 0 saturated heterocycles. The van der Waals surface area contributed by atoms with Gasteiger partial charge in [0, 0.05) is 29.9 Å². The zero-order valence-electron chi connectivity index (χ0n) is 16.8. The molecule has 3 rings (SSSR count). The Balaban J connectivity index is 2.09. The molecule has 0 saturated carbocycles. The third-order valence-corrected chi connectivity index (χ3v) is 5.97. The summed E-state index contributed by atoms with van der Waals surface area (Å²) in [6, 6.07) is 7.04. The minimum Gasteiger partial charge on any atom is -0.317 e. The van der Waals surface area contributed by atoms with E-state index >= 15 is 0 Å². The molecule has 0 bridgehead atoms. The summed E-state index contributed by atoms with van der Waals surface area (Å²) < 4.78 is 55.1. The zero-order valence-corrected chi connectivity index (χ0v) is 18.4. The molecule has 0 aliphatic rings. The topological polar surface area (TPSA) is 76.9 Å². The first-order valence-corrected chi connectivity index (χ1v) is 11.9. The fourth-order valence-electron chi connectivity index (χ4n) is 2.85. The molecule has 1 aromatic carbocycles. The van der Waals surface area contributed by atoms with Crippen molar-refractivity contribution in [2.24, 2.45) is 0 Å². The summed E-state index contributed by atoms with van der Waals surface area (Å²) in [5.41, 5.74) is 1.66. The maximum Gasteiger partial charge on any atom is 0.209 e. The number of rotatable bonds is 8. The number of imidazole rings is 1. The fraction of sp³-hybridized carbons (Fsp3) is 0.300. The van der Waals surface area contributed by atoms with Crippen molar-refractivity contribution in [2.45, 2.75) is 42.8 Å². The second-order valence-electron chi connectivity index (χ2n) is 7.12. The highest BCUT2D eigenvalue weighted by atomic mass is 32.2. The van der Waals surface area contributed by atoms with Gasteiger partial charge in [0.1, 0.15) is 22.5 Å². The molecule has 160 valence electrons. The molecule has 0 aliphatic heterocycles. The van der Waals surface area contributed by atoms with Crippen LogP contribution in [0, 0.1) is 11.6 Å². The van der Waals surface area contributed by atoms with Gasteiger partial charge < -0.3 is 4.57 Å². The summed E-state index contributed by atoms with van der Waals surface area (Å²) in [6.07, 6.45) is 4.41. The van der Waals surface area contributed by atoms with Gasteiger partial charge in [-0.1, -0.05) is 25.6 Å². The third-order valence-electron chi connectivity index (χ3n) is 4.21. The summed E-state index contributed by atoms with van der Waals surface area (Å²) in [4.78, 5) is 9.07. The van der Waals surface area contributed by atoms with Crippen molar-refractivity contribution in [3.05, 3.63) is 71.4 Å². The van der Waals surface area contributed by atoms with Gasteiger partial charge in [-0.2, -0.15) is 0 Å². The maximum absolute atomic E-state index is 13.7.